The van der Waals surface area contributed by atoms with Crippen molar-refractivity contribution in [2.45, 2.75) is 39.5 Å². The summed E-state index contributed by atoms with van der Waals surface area (Å²) in [7, 11) is 0. The normalized spacial score (nSPS) is 19.6. The summed E-state index contributed by atoms with van der Waals surface area (Å²) in [4.78, 5) is 0. The van der Waals surface area contributed by atoms with Gasteiger partial charge in [0.25, 0.3) is 0 Å². The molecule has 0 aromatic rings. The van der Waals surface area contributed by atoms with E-state index in [4.69, 9.17) is 4.74 Å². The Morgan fingerprint density at radius 2 is 1.40 bits per heavy atom. The van der Waals surface area contributed by atoms with Gasteiger partial charge in [-0.3, -0.25) is 0 Å². The van der Waals surface area contributed by atoms with E-state index >= 15 is 0 Å². The monoisotopic (exact) mass is 327 g/mol. The third-order valence-electron chi connectivity index (χ3n) is 3.39. The topological polar surface area (TPSA) is 9.23 Å². The van der Waals surface area contributed by atoms with Crippen molar-refractivity contribution < 1.29 is 33.2 Å². The van der Waals surface area contributed by atoms with Crippen molar-refractivity contribution in [2.75, 3.05) is 39.4 Å². The molecular weight excluding hydrogens is 301 g/mol. The first-order valence-corrected chi connectivity index (χ1v) is 6.26. The molecule has 2 nitrogen and oxygen atoms in total. The Bertz CT molecular complexity index is 137. The van der Waals surface area contributed by atoms with Crippen molar-refractivity contribution in [3.05, 3.63) is 0 Å². The molecule has 1 aliphatic rings. The summed E-state index contributed by atoms with van der Waals surface area (Å²) in [6.07, 6.45) is 5.41. The quantitative estimate of drug-likeness (QED) is 0.469. The van der Waals surface area contributed by atoms with Gasteiger partial charge in [0.2, 0.25) is 0 Å². The highest BCUT2D eigenvalue weighted by Gasteiger charge is 2.28. The predicted molar refractivity (Wildman–Crippen MR) is 60.4 cm³/mol. The van der Waals surface area contributed by atoms with Crippen molar-refractivity contribution in [3.8, 4) is 0 Å². The minimum absolute atomic E-state index is 0. The lowest BCUT2D eigenvalue weighted by Crippen LogP contribution is -3.00. The average molecular weight is 327 g/mol. The number of rotatable bonds is 6. The molecule has 0 aromatic carbocycles. The number of unbranched alkanes of at least 4 members (excludes halogenated alkanes) is 2. The first-order chi connectivity index (χ1) is 6.83. The molecule has 0 N–H and O–H groups in total. The van der Waals surface area contributed by atoms with Crippen molar-refractivity contribution in [3.63, 3.8) is 0 Å². The fourth-order valence-corrected chi connectivity index (χ4v) is 2.28. The summed E-state index contributed by atoms with van der Waals surface area (Å²) >= 11 is 0. The van der Waals surface area contributed by atoms with Gasteiger partial charge in [-0.1, -0.05) is 26.7 Å². The average Bonchev–Trinajstić information content (AvgIpc) is 2.25. The van der Waals surface area contributed by atoms with Gasteiger partial charge in [0.15, 0.2) is 0 Å². The van der Waals surface area contributed by atoms with Crippen LogP contribution in [-0.2, 0) is 4.74 Å². The van der Waals surface area contributed by atoms with Crippen molar-refractivity contribution in [1.29, 1.82) is 0 Å². The Labute approximate surface area is 112 Å². The first kappa shape index (κ1) is 15.7. The van der Waals surface area contributed by atoms with Crippen LogP contribution in [0.5, 0.6) is 0 Å². The van der Waals surface area contributed by atoms with Crippen LogP contribution in [0.15, 0.2) is 0 Å². The molecule has 3 heteroatoms. The van der Waals surface area contributed by atoms with Gasteiger partial charge >= 0.3 is 0 Å². The molecule has 0 spiro atoms. The molecule has 1 rings (SSSR count). The molecule has 0 aliphatic carbocycles. The number of hydrogen-bond donors (Lipinski definition) is 0. The lowest BCUT2D eigenvalue weighted by molar-refractivity contribution is -0.935. The summed E-state index contributed by atoms with van der Waals surface area (Å²) in [6, 6.07) is 0. The Kier molecular flexibility index (Phi) is 9.14. The van der Waals surface area contributed by atoms with Gasteiger partial charge in [-0.2, -0.15) is 0 Å². The van der Waals surface area contributed by atoms with Gasteiger partial charge in [-0.25, -0.2) is 0 Å². The minimum atomic E-state index is 0. The lowest BCUT2D eigenvalue weighted by Gasteiger charge is -2.41. The molecule has 1 saturated heterocycles. The Morgan fingerprint density at radius 3 is 1.80 bits per heavy atom. The number of quaternary nitrogens is 1. The van der Waals surface area contributed by atoms with Gasteiger partial charge in [0.1, 0.15) is 13.1 Å². The predicted octanol–water partition coefficient (Wildman–Crippen LogP) is -0.562. The summed E-state index contributed by atoms with van der Waals surface area (Å²) in [5, 5.41) is 0. The fraction of sp³-hybridized carbons (Fsp3) is 1.00. The summed E-state index contributed by atoms with van der Waals surface area (Å²) in [5.41, 5.74) is 0. The number of morpholine rings is 1. The van der Waals surface area contributed by atoms with E-state index in [0.29, 0.717) is 0 Å². The first-order valence-electron chi connectivity index (χ1n) is 6.26. The van der Waals surface area contributed by atoms with Crippen LogP contribution in [0, 0.1) is 0 Å². The second-order valence-corrected chi connectivity index (χ2v) is 4.56. The number of nitrogens with zero attached hydrogens (tertiary/aromatic N) is 1. The third-order valence-corrected chi connectivity index (χ3v) is 3.39. The van der Waals surface area contributed by atoms with Crippen molar-refractivity contribution in [1.82, 2.24) is 0 Å². The SMILES string of the molecule is CCCC[N+]1(CCCC)CCOCC1.[I-]. The van der Waals surface area contributed by atoms with Gasteiger partial charge in [-0.05, 0) is 12.8 Å². The second-order valence-electron chi connectivity index (χ2n) is 4.56. The Hall–Kier alpha value is 0.650. The van der Waals surface area contributed by atoms with Crippen LogP contribution in [0.1, 0.15) is 39.5 Å². The molecule has 1 fully saturated rings. The highest BCUT2D eigenvalue weighted by molar-refractivity contribution is 4.51. The van der Waals surface area contributed by atoms with E-state index in [2.05, 4.69) is 13.8 Å². The highest BCUT2D eigenvalue weighted by atomic mass is 127. The molecule has 0 saturated carbocycles. The number of ether oxygens (including phenoxy) is 1. The summed E-state index contributed by atoms with van der Waals surface area (Å²) in [6.45, 7) is 11.8. The minimum Gasteiger partial charge on any atom is -1.00 e. The zero-order valence-electron chi connectivity index (χ0n) is 10.3. The molecule has 0 amide bonds. The van der Waals surface area contributed by atoms with E-state index in [-0.39, 0.29) is 24.0 Å². The molecular formula is C12H26INO. The fourth-order valence-electron chi connectivity index (χ4n) is 2.28. The van der Waals surface area contributed by atoms with E-state index < -0.39 is 0 Å². The molecule has 0 radical (unpaired) electrons. The number of halogens is 1. The largest absolute Gasteiger partial charge is 1.00 e. The zero-order valence-corrected chi connectivity index (χ0v) is 12.5. The van der Waals surface area contributed by atoms with Gasteiger partial charge in [0, 0.05) is 0 Å². The molecule has 92 valence electrons. The second kappa shape index (κ2) is 8.76. The standard InChI is InChI=1S/C12H26NO.HI/c1-3-5-7-13(8-6-4-2)9-11-14-12-10-13;/h3-12H2,1-2H3;1H/q+1;/p-1. The lowest BCUT2D eigenvalue weighted by atomic mass is 10.2. The molecule has 1 aliphatic heterocycles. The molecule has 0 bridgehead atoms. The van der Waals surface area contributed by atoms with Crippen molar-refractivity contribution in [2.24, 2.45) is 0 Å². The maximum atomic E-state index is 5.47. The van der Waals surface area contributed by atoms with E-state index in [1.54, 1.807) is 0 Å². The molecule has 0 unspecified atom stereocenters. The highest BCUT2D eigenvalue weighted by Crippen LogP contribution is 2.15. The summed E-state index contributed by atoms with van der Waals surface area (Å²) < 4.78 is 6.80. The maximum Gasteiger partial charge on any atom is 0.102 e. The molecule has 0 atom stereocenters. The molecule has 1 heterocycles. The van der Waals surface area contributed by atoms with Crippen LogP contribution in [0.4, 0.5) is 0 Å². The van der Waals surface area contributed by atoms with Gasteiger partial charge in [-0.15, -0.1) is 0 Å². The van der Waals surface area contributed by atoms with Crippen LogP contribution >= 0.6 is 0 Å². The van der Waals surface area contributed by atoms with Crippen LogP contribution in [-0.4, -0.2) is 43.9 Å². The Morgan fingerprint density at radius 1 is 0.933 bits per heavy atom. The number of hydrogen-bond acceptors (Lipinski definition) is 1. The maximum absolute atomic E-state index is 5.47. The van der Waals surface area contributed by atoms with Crippen LogP contribution in [0.3, 0.4) is 0 Å². The zero-order chi connectivity index (χ0) is 10.3. The Balaban J connectivity index is 0.00000196. The smallest absolute Gasteiger partial charge is 0.102 e. The van der Waals surface area contributed by atoms with E-state index in [1.807, 2.05) is 0 Å². The van der Waals surface area contributed by atoms with Crippen LogP contribution in [0.2, 0.25) is 0 Å². The van der Waals surface area contributed by atoms with Crippen LogP contribution < -0.4 is 24.0 Å². The van der Waals surface area contributed by atoms with E-state index in [0.717, 1.165) is 13.2 Å². The molecule has 15 heavy (non-hydrogen) atoms. The van der Waals surface area contributed by atoms with Gasteiger partial charge < -0.3 is 33.2 Å². The van der Waals surface area contributed by atoms with E-state index in [1.165, 1.54) is 56.3 Å². The van der Waals surface area contributed by atoms with Crippen molar-refractivity contribution >= 4 is 0 Å². The molecule has 0 aromatic heterocycles. The van der Waals surface area contributed by atoms with Crippen LogP contribution in [0.25, 0.3) is 0 Å². The summed E-state index contributed by atoms with van der Waals surface area (Å²) in [5.74, 6) is 0. The van der Waals surface area contributed by atoms with E-state index in [9.17, 15) is 0 Å². The van der Waals surface area contributed by atoms with Gasteiger partial charge in [0.05, 0.1) is 26.3 Å². The third kappa shape index (κ3) is 5.50.